The monoisotopic (exact) mass is 311 g/mol. The van der Waals surface area contributed by atoms with E-state index < -0.39 is 10.0 Å². The summed E-state index contributed by atoms with van der Waals surface area (Å²) in [6, 6.07) is 6.23. The summed E-state index contributed by atoms with van der Waals surface area (Å²) in [7, 11) is -3.59. The van der Waals surface area contributed by atoms with Crippen molar-refractivity contribution in [2.45, 2.75) is 24.7 Å². The molecule has 7 heteroatoms. The van der Waals surface area contributed by atoms with Gasteiger partial charge in [0.25, 0.3) is 0 Å². The first-order chi connectivity index (χ1) is 9.94. The lowest BCUT2D eigenvalue weighted by atomic mass is 10.1. The Morgan fingerprint density at radius 1 is 1.43 bits per heavy atom. The molecule has 6 nitrogen and oxygen atoms in total. The van der Waals surface area contributed by atoms with E-state index in [9.17, 15) is 13.2 Å². The van der Waals surface area contributed by atoms with Crippen LogP contribution in [0.4, 0.5) is 5.69 Å². The summed E-state index contributed by atoms with van der Waals surface area (Å²) in [6.07, 6.45) is 2.18. The van der Waals surface area contributed by atoms with Crippen LogP contribution in [0.2, 0.25) is 0 Å². The first kappa shape index (κ1) is 15.9. The number of carbonyl (C=O) groups excluding carboxylic acids is 1. The maximum atomic E-state index is 12.0. The molecule has 116 valence electrons. The van der Waals surface area contributed by atoms with Crippen LogP contribution < -0.4 is 15.8 Å². The van der Waals surface area contributed by atoms with E-state index in [1.807, 2.05) is 6.92 Å². The standard InChI is InChI=1S/C14H21N3O3S/c1-10(11-5-6-11)14(18)17-12-3-2-4-13(9-12)21(19,20)16-8-7-15/h2-4,9-11,16H,5-8,15H2,1H3,(H,17,18). The minimum absolute atomic E-state index is 0.0411. The molecule has 0 spiro atoms. The fourth-order valence-corrected chi connectivity index (χ4v) is 3.18. The van der Waals surface area contributed by atoms with Gasteiger partial charge < -0.3 is 11.1 Å². The van der Waals surface area contributed by atoms with Crippen molar-refractivity contribution < 1.29 is 13.2 Å². The molecule has 1 fully saturated rings. The van der Waals surface area contributed by atoms with E-state index in [1.54, 1.807) is 12.1 Å². The van der Waals surface area contributed by atoms with Crippen LogP contribution in [0, 0.1) is 11.8 Å². The van der Waals surface area contributed by atoms with Crippen LogP contribution in [0.3, 0.4) is 0 Å². The molecule has 1 amide bonds. The molecule has 0 aliphatic heterocycles. The zero-order valence-electron chi connectivity index (χ0n) is 12.0. The first-order valence-electron chi connectivity index (χ1n) is 7.04. The van der Waals surface area contributed by atoms with Gasteiger partial charge in [-0.3, -0.25) is 4.79 Å². The minimum atomic E-state index is -3.59. The highest BCUT2D eigenvalue weighted by Crippen LogP contribution is 2.37. The van der Waals surface area contributed by atoms with Crippen LogP contribution in [0.5, 0.6) is 0 Å². The second-order valence-electron chi connectivity index (χ2n) is 5.33. The molecule has 1 saturated carbocycles. The Labute approximate surface area is 125 Å². The molecule has 0 saturated heterocycles. The van der Waals surface area contributed by atoms with Crippen molar-refractivity contribution in [1.82, 2.24) is 4.72 Å². The molecule has 1 unspecified atom stereocenters. The van der Waals surface area contributed by atoms with Gasteiger partial charge in [-0.1, -0.05) is 13.0 Å². The van der Waals surface area contributed by atoms with E-state index in [2.05, 4.69) is 10.0 Å². The van der Waals surface area contributed by atoms with E-state index in [0.717, 1.165) is 12.8 Å². The van der Waals surface area contributed by atoms with Crippen molar-refractivity contribution in [1.29, 1.82) is 0 Å². The van der Waals surface area contributed by atoms with Gasteiger partial charge in [0.2, 0.25) is 15.9 Å². The molecule has 1 atom stereocenters. The van der Waals surface area contributed by atoms with Crippen LogP contribution in [0.25, 0.3) is 0 Å². The van der Waals surface area contributed by atoms with Gasteiger partial charge in [0, 0.05) is 24.7 Å². The molecular formula is C14H21N3O3S. The number of sulfonamides is 1. The largest absolute Gasteiger partial charge is 0.329 e. The van der Waals surface area contributed by atoms with E-state index in [0.29, 0.717) is 11.6 Å². The number of nitrogens with one attached hydrogen (secondary N) is 2. The summed E-state index contributed by atoms with van der Waals surface area (Å²) in [5.74, 6) is 0.353. The summed E-state index contributed by atoms with van der Waals surface area (Å²) in [6.45, 7) is 2.31. The molecule has 2 rings (SSSR count). The van der Waals surface area contributed by atoms with Crippen molar-refractivity contribution in [3.63, 3.8) is 0 Å². The Kier molecular flexibility index (Phi) is 4.97. The number of anilines is 1. The Morgan fingerprint density at radius 3 is 2.76 bits per heavy atom. The topological polar surface area (TPSA) is 101 Å². The van der Waals surface area contributed by atoms with Crippen LogP contribution in [-0.4, -0.2) is 27.4 Å². The highest BCUT2D eigenvalue weighted by molar-refractivity contribution is 7.89. The third-order valence-electron chi connectivity index (χ3n) is 3.59. The van der Waals surface area contributed by atoms with Crippen molar-refractivity contribution in [3.8, 4) is 0 Å². The number of carbonyl (C=O) groups is 1. The predicted octanol–water partition coefficient (Wildman–Crippen LogP) is 0.908. The fourth-order valence-electron chi connectivity index (χ4n) is 2.08. The molecule has 21 heavy (non-hydrogen) atoms. The summed E-state index contributed by atoms with van der Waals surface area (Å²) in [4.78, 5) is 12.2. The van der Waals surface area contributed by atoms with Crippen molar-refractivity contribution in [2.24, 2.45) is 17.6 Å². The van der Waals surface area contributed by atoms with E-state index in [4.69, 9.17) is 5.73 Å². The summed E-state index contributed by atoms with van der Waals surface area (Å²) < 4.78 is 26.4. The van der Waals surface area contributed by atoms with Gasteiger partial charge in [-0.05, 0) is 37.0 Å². The van der Waals surface area contributed by atoms with Gasteiger partial charge in [-0.2, -0.15) is 0 Å². The zero-order valence-corrected chi connectivity index (χ0v) is 12.8. The lowest BCUT2D eigenvalue weighted by molar-refractivity contribution is -0.119. The van der Waals surface area contributed by atoms with Gasteiger partial charge in [0.05, 0.1) is 4.90 Å². The van der Waals surface area contributed by atoms with Crippen LogP contribution in [-0.2, 0) is 14.8 Å². The normalized spacial score (nSPS) is 16.5. The first-order valence-corrected chi connectivity index (χ1v) is 8.53. The van der Waals surface area contributed by atoms with Gasteiger partial charge >= 0.3 is 0 Å². The second kappa shape index (κ2) is 6.55. The number of benzene rings is 1. The van der Waals surface area contributed by atoms with Crippen molar-refractivity contribution >= 4 is 21.6 Å². The van der Waals surface area contributed by atoms with Crippen LogP contribution in [0.15, 0.2) is 29.2 Å². The average molecular weight is 311 g/mol. The van der Waals surface area contributed by atoms with E-state index in [1.165, 1.54) is 12.1 Å². The molecule has 1 aromatic rings. The van der Waals surface area contributed by atoms with Crippen LogP contribution >= 0.6 is 0 Å². The van der Waals surface area contributed by atoms with E-state index >= 15 is 0 Å². The molecular weight excluding hydrogens is 290 g/mol. The molecule has 0 aromatic heterocycles. The Balaban J connectivity index is 2.08. The Bertz CT molecular complexity index is 612. The quantitative estimate of drug-likeness (QED) is 0.696. The molecule has 0 heterocycles. The summed E-state index contributed by atoms with van der Waals surface area (Å²) in [5, 5.41) is 2.78. The molecule has 4 N–H and O–H groups in total. The number of amides is 1. The third kappa shape index (κ3) is 4.26. The lowest BCUT2D eigenvalue weighted by Gasteiger charge is -2.12. The molecule has 1 aromatic carbocycles. The van der Waals surface area contributed by atoms with Crippen LogP contribution in [0.1, 0.15) is 19.8 Å². The highest BCUT2D eigenvalue weighted by Gasteiger charge is 2.32. The number of hydrogen-bond acceptors (Lipinski definition) is 4. The van der Waals surface area contributed by atoms with Crippen molar-refractivity contribution in [2.75, 3.05) is 18.4 Å². The summed E-state index contributed by atoms with van der Waals surface area (Å²) in [5.41, 5.74) is 5.78. The van der Waals surface area contributed by atoms with Gasteiger partial charge in [-0.25, -0.2) is 13.1 Å². The second-order valence-corrected chi connectivity index (χ2v) is 7.10. The average Bonchev–Trinajstić information content (AvgIpc) is 3.29. The Morgan fingerprint density at radius 2 is 2.14 bits per heavy atom. The minimum Gasteiger partial charge on any atom is -0.329 e. The molecule has 0 bridgehead atoms. The molecule has 0 radical (unpaired) electrons. The van der Waals surface area contributed by atoms with Crippen molar-refractivity contribution in [3.05, 3.63) is 24.3 Å². The van der Waals surface area contributed by atoms with Gasteiger partial charge in [-0.15, -0.1) is 0 Å². The smallest absolute Gasteiger partial charge is 0.240 e. The SMILES string of the molecule is CC(C(=O)Nc1cccc(S(=O)(=O)NCCN)c1)C1CC1. The predicted molar refractivity (Wildman–Crippen MR) is 81.2 cm³/mol. The van der Waals surface area contributed by atoms with Gasteiger partial charge in [0.15, 0.2) is 0 Å². The number of rotatable bonds is 7. The van der Waals surface area contributed by atoms with Gasteiger partial charge in [0.1, 0.15) is 0 Å². The lowest BCUT2D eigenvalue weighted by Crippen LogP contribution is -2.29. The molecule has 1 aliphatic rings. The summed E-state index contributed by atoms with van der Waals surface area (Å²) >= 11 is 0. The fraction of sp³-hybridized carbons (Fsp3) is 0.500. The number of nitrogens with two attached hydrogens (primary N) is 1. The maximum Gasteiger partial charge on any atom is 0.240 e. The maximum absolute atomic E-state index is 12.0. The zero-order chi connectivity index (χ0) is 15.5. The number of hydrogen-bond donors (Lipinski definition) is 3. The molecule has 1 aliphatic carbocycles. The third-order valence-corrected chi connectivity index (χ3v) is 5.05. The Hall–Kier alpha value is -1.44. The van der Waals surface area contributed by atoms with E-state index in [-0.39, 0.29) is 29.8 Å². The highest BCUT2D eigenvalue weighted by atomic mass is 32.2.